The highest BCUT2D eigenvalue weighted by Gasteiger charge is 2.43. The van der Waals surface area contributed by atoms with Gasteiger partial charge in [-0.1, -0.05) is 19.1 Å². The van der Waals surface area contributed by atoms with E-state index in [2.05, 4.69) is 15.0 Å². The number of aryl methyl sites for hydroxylation is 1. The SMILES string of the molecule is CCNCCc1cc2cc3c(cc2n1C)C=CCc1c-3[nH]c(=O)c(C(=O)O)c1OC(=O)C(F)(F)F. The first kappa shape index (κ1) is 24.3. The largest absolute Gasteiger partial charge is 0.491 e. The first-order valence-electron chi connectivity index (χ1n) is 10.8. The molecule has 0 aliphatic heterocycles. The molecule has 8 nitrogen and oxygen atoms in total. The highest BCUT2D eigenvalue weighted by Crippen LogP contribution is 2.38. The molecule has 2 aromatic heterocycles. The number of pyridine rings is 1. The predicted molar refractivity (Wildman–Crippen MR) is 123 cm³/mol. The quantitative estimate of drug-likeness (QED) is 0.361. The molecule has 35 heavy (non-hydrogen) atoms. The Labute approximate surface area is 197 Å². The fraction of sp³-hybridized carbons (Fsp3) is 0.292. The van der Waals surface area contributed by atoms with Crippen molar-refractivity contribution in [1.29, 1.82) is 0 Å². The van der Waals surface area contributed by atoms with Gasteiger partial charge >= 0.3 is 18.1 Å². The number of esters is 1. The third kappa shape index (κ3) is 4.46. The second-order valence-corrected chi connectivity index (χ2v) is 8.11. The average Bonchev–Trinajstić information content (AvgIpc) is 2.96. The predicted octanol–water partition coefficient (Wildman–Crippen LogP) is 3.42. The lowest BCUT2D eigenvalue weighted by Crippen LogP contribution is -2.31. The molecule has 4 rings (SSSR count). The van der Waals surface area contributed by atoms with Crippen molar-refractivity contribution in [2.75, 3.05) is 13.1 Å². The molecule has 0 radical (unpaired) electrons. The summed E-state index contributed by atoms with van der Waals surface area (Å²) >= 11 is 0. The number of aromatic carboxylic acids is 1. The minimum atomic E-state index is -5.37. The molecule has 0 atom stereocenters. The number of allylic oxidation sites excluding steroid dienone is 1. The Bertz CT molecular complexity index is 1430. The molecular weight excluding hydrogens is 467 g/mol. The maximum absolute atomic E-state index is 12.9. The molecule has 1 aromatic carbocycles. The van der Waals surface area contributed by atoms with Crippen molar-refractivity contribution in [2.45, 2.75) is 25.9 Å². The number of carbonyl (C=O) groups excluding carboxylic acids is 1. The Kier molecular flexibility index (Phi) is 6.28. The number of alkyl halides is 3. The van der Waals surface area contributed by atoms with Crippen LogP contribution in [0.25, 0.3) is 28.2 Å². The molecule has 0 saturated carbocycles. The van der Waals surface area contributed by atoms with Crippen LogP contribution < -0.4 is 15.6 Å². The monoisotopic (exact) mass is 489 g/mol. The van der Waals surface area contributed by atoms with Gasteiger partial charge in [-0.2, -0.15) is 13.2 Å². The fourth-order valence-electron chi connectivity index (χ4n) is 4.25. The molecule has 11 heteroatoms. The lowest BCUT2D eigenvalue weighted by atomic mass is 9.98. The number of nitrogens with zero attached hydrogens (tertiary/aromatic N) is 1. The van der Waals surface area contributed by atoms with Crippen LogP contribution in [0.4, 0.5) is 13.2 Å². The van der Waals surface area contributed by atoms with E-state index in [9.17, 15) is 32.7 Å². The van der Waals surface area contributed by atoms with Gasteiger partial charge in [0, 0.05) is 47.7 Å². The molecule has 1 aliphatic rings. The van der Waals surface area contributed by atoms with Crippen molar-refractivity contribution in [3.05, 3.63) is 57.0 Å². The molecule has 0 saturated heterocycles. The molecule has 0 amide bonds. The Morgan fingerprint density at radius 2 is 2.00 bits per heavy atom. The summed E-state index contributed by atoms with van der Waals surface area (Å²) in [4.78, 5) is 38.4. The number of aromatic amines is 1. The first-order valence-corrected chi connectivity index (χ1v) is 10.8. The van der Waals surface area contributed by atoms with E-state index in [1.807, 2.05) is 30.7 Å². The van der Waals surface area contributed by atoms with Crippen molar-refractivity contribution >= 4 is 28.9 Å². The zero-order valence-corrected chi connectivity index (χ0v) is 18.9. The lowest BCUT2D eigenvalue weighted by molar-refractivity contribution is -0.189. The summed E-state index contributed by atoms with van der Waals surface area (Å²) in [6.45, 7) is 3.63. The van der Waals surface area contributed by atoms with Crippen LogP contribution in [0.3, 0.4) is 0 Å². The maximum Gasteiger partial charge on any atom is 0.491 e. The van der Waals surface area contributed by atoms with Crippen molar-refractivity contribution in [2.24, 2.45) is 7.05 Å². The van der Waals surface area contributed by atoms with E-state index in [4.69, 9.17) is 0 Å². The number of fused-ring (bicyclic) bond motifs is 4. The summed E-state index contributed by atoms with van der Waals surface area (Å²) in [5.74, 6) is -5.32. The van der Waals surface area contributed by atoms with E-state index in [-0.39, 0.29) is 17.7 Å². The molecule has 0 fully saturated rings. The van der Waals surface area contributed by atoms with Gasteiger partial charge in [0.05, 0.1) is 5.69 Å². The molecule has 0 spiro atoms. The summed E-state index contributed by atoms with van der Waals surface area (Å²) in [5, 5.41) is 13.6. The Balaban J connectivity index is 1.92. The molecule has 0 unspecified atom stereocenters. The fourth-order valence-corrected chi connectivity index (χ4v) is 4.25. The van der Waals surface area contributed by atoms with E-state index in [1.54, 1.807) is 18.2 Å². The van der Waals surface area contributed by atoms with Crippen molar-refractivity contribution in [1.82, 2.24) is 14.9 Å². The van der Waals surface area contributed by atoms with Crippen LogP contribution in [0.15, 0.2) is 29.1 Å². The number of halogens is 3. The highest BCUT2D eigenvalue weighted by molar-refractivity contribution is 5.96. The number of hydrogen-bond acceptors (Lipinski definition) is 5. The lowest BCUT2D eigenvalue weighted by Gasteiger charge is -2.16. The average molecular weight is 489 g/mol. The maximum atomic E-state index is 12.9. The summed E-state index contributed by atoms with van der Waals surface area (Å²) in [6.07, 6.45) is -1.32. The number of likely N-dealkylation sites (N-methyl/N-ethyl adjacent to an activating group) is 1. The van der Waals surface area contributed by atoms with E-state index >= 15 is 0 Å². The van der Waals surface area contributed by atoms with Crippen LogP contribution in [0.5, 0.6) is 5.75 Å². The summed E-state index contributed by atoms with van der Waals surface area (Å²) in [5.41, 5.74) is 0.947. The van der Waals surface area contributed by atoms with E-state index in [0.29, 0.717) is 11.1 Å². The normalized spacial score (nSPS) is 12.8. The van der Waals surface area contributed by atoms with Crippen LogP contribution >= 0.6 is 0 Å². The smallest absolute Gasteiger partial charge is 0.477 e. The second kappa shape index (κ2) is 9.06. The van der Waals surface area contributed by atoms with Crippen molar-refractivity contribution < 1.29 is 32.6 Å². The van der Waals surface area contributed by atoms with Crippen molar-refractivity contribution in [3.63, 3.8) is 0 Å². The van der Waals surface area contributed by atoms with Gasteiger partial charge in [0.25, 0.3) is 5.56 Å². The summed E-state index contributed by atoms with van der Waals surface area (Å²) in [6, 6.07) is 5.65. The zero-order chi connectivity index (χ0) is 25.5. The second-order valence-electron chi connectivity index (χ2n) is 8.11. The third-order valence-electron chi connectivity index (χ3n) is 5.92. The van der Waals surface area contributed by atoms with Gasteiger partial charge in [-0.15, -0.1) is 0 Å². The van der Waals surface area contributed by atoms with Gasteiger partial charge in [0.2, 0.25) is 0 Å². The molecule has 3 aromatic rings. The van der Waals surface area contributed by atoms with E-state index in [1.165, 1.54) is 0 Å². The number of carbonyl (C=O) groups is 2. The molecule has 0 bridgehead atoms. The number of nitrogens with one attached hydrogen (secondary N) is 2. The zero-order valence-electron chi connectivity index (χ0n) is 18.9. The molecule has 3 N–H and O–H groups in total. The van der Waals surface area contributed by atoms with Gasteiger partial charge < -0.3 is 24.7 Å². The number of carboxylic acid groups (broad SMARTS) is 1. The minimum absolute atomic E-state index is 0.0303. The van der Waals surface area contributed by atoms with E-state index in [0.717, 1.165) is 36.1 Å². The van der Waals surface area contributed by atoms with Gasteiger partial charge in [-0.3, -0.25) is 4.79 Å². The number of aromatic nitrogens is 2. The molecule has 1 aliphatic carbocycles. The van der Waals surface area contributed by atoms with Crippen LogP contribution in [-0.4, -0.2) is 45.9 Å². The molecule has 2 heterocycles. The van der Waals surface area contributed by atoms with Crippen LogP contribution in [0.1, 0.15) is 34.1 Å². The third-order valence-corrected chi connectivity index (χ3v) is 5.92. The van der Waals surface area contributed by atoms with Gasteiger partial charge in [0.15, 0.2) is 11.3 Å². The minimum Gasteiger partial charge on any atom is -0.477 e. The first-order chi connectivity index (χ1) is 16.5. The molecule has 184 valence electrons. The Hall–Kier alpha value is -3.86. The Morgan fingerprint density at radius 1 is 1.26 bits per heavy atom. The van der Waals surface area contributed by atoms with Gasteiger partial charge in [-0.25, -0.2) is 9.59 Å². The topological polar surface area (TPSA) is 113 Å². The summed E-state index contributed by atoms with van der Waals surface area (Å²) in [7, 11) is 1.93. The molecular formula is C24H22F3N3O5. The van der Waals surface area contributed by atoms with Gasteiger partial charge in [-0.05, 0) is 36.7 Å². The number of rotatable bonds is 6. The summed E-state index contributed by atoms with van der Waals surface area (Å²) < 4.78 is 45.3. The number of ether oxygens (including phenoxy) is 1. The highest BCUT2D eigenvalue weighted by atomic mass is 19.4. The van der Waals surface area contributed by atoms with E-state index < -0.39 is 35.0 Å². The number of hydrogen-bond donors (Lipinski definition) is 3. The number of H-pyrrole nitrogens is 1. The van der Waals surface area contributed by atoms with Gasteiger partial charge in [0.1, 0.15) is 0 Å². The van der Waals surface area contributed by atoms with Crippen LogP contribution in [-0.2, 0) is 24.7 Å². The Morgan fingerprint density at radius 3 is 2.66 bits per heavy atom. The standard InChI is InChI=1S/C24H22F3N3O5/c1-3-28-8-7-14-9-13-10-16-12(11-17(13)30(14)2)5-4-6-15-19(16)29-21(31)18(22(32)33)20(15)35-23(34)24(25,26)27/h4-5,9-11,28H,3,6-8H2,1-2H3,(H,29,31)(H,32,33). The van der Waals surface area contributed by atoms with Crippen LogP contribution in [0, 0.1) is 0 Å². The number of benzene rings is 1. The van der Waals surface area contributed by atoms with Crippen molar-refractivity contribution in [3.8, 4) is 17.0 Å². The van der Waals surface area contributed by atoms with Crippen LogP contribution in [0.2, 0.25) is 0 Å². The number of carboxylic acids is 1.